The summed E-state index contributed by atoms with van der Waals surface area (Å²) in [7, 11) is -4.80. The summed E-state index contributed by atoms with van der Waals surface area (Å²) in [6.45, 7) is 2.42. The minimum atomic E-state index is -4.80. The van der Waals surface area contributed by atoms with Gasteiger partial charge in [0.25, 0.3) is 0 Å². The first-order valence-electron chi connectivity index (χ1n) is 21.8. The maximum absolute atomic E-state index is 12.6. The molecule has 0 aromatic carbocycles. The molecule has 6 N–H and O–H groups in total. The molecule has 0 saturated heterocycles. The van der Waals surface area contributed by atoms with E-state index in [2.05, 4.69) is 60.9 Å². The van der Waals surface area contributed by atoms with E-state index in [4.69, 9.17) is 24.8 Å². The molecule has 0 aromatic rings. The van der Waals surface area contributed by atoms with Crippen LogP contribution >= 0.6 is 7.82 Å². The van der Waals surface area contributed by atoms with Crippen molar-refractivity contribution in [2.24, 2.45) is 5.73 Å². The third kappa shape index (κ3) is 38.8. The van der Waals surface area contributed by atoms with Gasteiger partial charge < -0.3 is 35.4 Å². The Kier molecular flexibility index (Phi) is 37.4. The van der Waals surface area contributed by atoms with Gasteiger partial charge in [-0.2, -0.15) is 0 Å². The van der Waals surface area contributed by atoms with Crippen molar-refractivity contribution < 1.29 is 57.7 Å². The lowest BCUT2D eigenvalue weighted by atomic mass is 10.1. The number of rotatable bonds is 39. The highest BCUT2D eigenvalue weighted by Crippen LogP contribution is 2.43. The van der Waals surface area contributed by atoms with Gasteiger partial charge in [-0.25, -0.2) is 4.57 Å². The summed E-state index contributed by atoms with van der Waals surface area (Å²) in [6.07, 6.45) is 41.3. The van der Waals surface area contributed by atoms with Crippen LogP contribution in [-0.2, 0) is 37.5 Å². The van der Waals surface area contributed by atoms with Crippen LogP contribution in [0.1, 0.15) is 142 Å². The standard InChI is InChI=1S/C46H76NO12P/c1-3-5-7-9-11-12-13-14-15-16-17-18-19-20-21-23-29-35-44(50)56-37-42(38-57-60(54,55)58-39-43(47)46(52)53)59-45(51)36-30-34-41(49)33-28-25-24-27-32-40(48)31-26-22-10-8-6-4-2/h11-12,14-15,17-18,22,24-28,32-33,40-43,48-49H,3-10,13,16,19-21,23,29-31,34-39,47H2,1-2H3,(H,52,53)(H,54,55)/b12-11-,15-14-,18-17-,25-24+,26-22-,32-27+,33-28-/t40-,41-,42+,43-/m0/s1. The second-order valence-corrected chi connectivity index (χ2v) is 16.0. The normalized spacial score (nSPS) is 15.6. The Morgan fingerprint density at radius 3 is 1.73 bits per heavy atom. The van der Waals surface area contributed by atoms with Gasteiger partial charge in [-0.15, -0.1) is 0 Å². The third-order valence-corrected chi connectivity index (χ3v) is 9.76. The first-order valence-corrected chi connectivity index (χ1v) is 23.3. The lowest BCUT2D eigenvalue weighted by Gasteiger charge is -2.20. The summed E-state index contributed by atoms with van der Waals surface area (Å²) in [4.78, 5) is 46.0. The van der Waals surface area contributed by atoms with E-state index in [0.717, 1.165) is 57.8 Å². The number of esters is 2. The van der Waals surface area contributed by atoms with Gasteiger partial charge in [0.05, 0.1) is 25.4 Å². The quantitative estimate of drug-likeness (QED) is 0.0128. The number of carbonyl (C=O) groups excluding carboxylic acids is 2. The van der Waals surface area contributed by atoms with Crippen molar-refractivity contribution in [3.05, 3.63) is 85.1 Å². The largest absolute Gasteiger partial charge is 0.480 e. The second kappa shape index (κ2) is 39.7. The molecule has 60 heavy (non-hydrogen) atoms. The number of carbonyl (C=O) groups is 3. The maximum Gasteiger partial charge on any atom is 0.472 e. The predicted octanol–water partition coefficient (Wildman–Crippen LogP) is 9.44. The zero-order chi connectivity index (χ0) is 44.5. The van der Waals surface area contributed by atoms with Crippen LogP contribution in [0.5, 0.6) is 0 Å². The minimum Gasteiger partial charge on any atom is -0.480 e. The number of ether oxygens (including phenoxy) is 2. The molecule has 0 aliphatic heterocycles. The van der Waals surface area contributed by atoms with Crippen molar-refractivity contribution in [1.82, 2.24) is 0 Å². The van der Waals surface area contributed by atoms with Gasteiger partial charge >= 0.3 is 25.7 Å². The molecular weight excluding hydrogens is 789 g/mol. The van der Waals surface area contributed by atoms with E-state index in [1.165, 1.54) is 32.1 Å². The predicted molar refractivity (Wildman–Crippen MR) is 238 cm³/mol. The smallest absolute Gasteiger partial charge is 0.472 e. The van der Waals surface area contributed by atoms with Gasteiger partial charge in [0.15, 0.2) is 6.10 Å². The number of aliphatic hydroxyl groups is 2. The van der Waals surface area contributed by atoms with Crippen molar-refractivity contribution in [3.63, 3.8) is 0 Å². The third-order valence-electron chi connectivity index (χ3n) is 8.81. The molecular formula is C46H76NO12P. The summed E-state index contributed by atoms with van der Waals surface area (Å²) in [5.74, 6) is -2.69. The molecule has 0 radical (unpaired) electrons. The monoisotopic (exact) mass is 866 g/mol. The maximum atomic E-state index is 12.6. The van der Waals surface area contributed by atoms with E-state index >= 15 is 0 Å². The molecule has 14 heteroatoms. The Labute approximate surface area is 359 Å². The molecule has 0 amide bonds. The number of hydrogen-bond donors (Lipinski definition) is 5. The van der Waals surface area contributed by atoms with E-state index in [1.807, 2.05) is 6.08 Å². The molecule has 0 aliphatic carbocycles. The van der Waals surface area contributed by atoms with Crippen LogP contribution in [0.15, 0.2) is 85.1 Å². The Hall–Kier alpha value is -3.42. The average molecular weight is 866 g/mol. The van der Waals surface area contributed by atoms with Gasteiger partial charge in [0, 0.05) is 12.8 Å². The zero-order valence-electron chi connectivity index (χ0n) is 36.2. The molecule has 0 aromatic heterocycles. The molecule has 5 atom stereocenters. The molecule has 0 aliphatic rings. The second-order valence-electron chi connectivity index (χ2n) is 14.5. The van der Waals surface area contributed by atoms with Crippen molar-refractivity contribution in [1.29, 1.82) is 0 Å². The number of allylic oxidation sites excluding steroid dienone is 11. The van der Waals surface area contributed by atoms with E-state index in [9.17, 15) is 34.1 Å². The van der Waals surface area contributed by atoms with E-state index in [1.54, 1.807) is 36.5 Å². The van der Waals surface area contributed by atoms with Gasteiger partial charge in [0.1, 0.15) is 12.6 Å². The molecule has 13 nitrogen and oxygen atoms in total. The molecule has 0 bridgehead atoms. The van der Waals surface area contributed by atoms with Crippen molar-refractivity contribution in [2.75, 3.05) is 19.8 Å². The van der Waals surface area contributed by atoms with Gasteiger partial charge in [-0.1, -0.05) is 137 Å². The fourth-order valence-electron chi connectivity index (χ4n) is 5.26. The number of phosphoric ester groups is 1. The SMILES string of the molecule is CCCCC/C=C\C/C=C\C/C=C\CCCCCCC(=O)OC[C@H](COP(=O)(O)OC[C@H](N)C(=O)O)OC(=O)CCC[C@@H](O)\C=C/C=C/C=C/[C@@H](O)C/C=C\CCCCC. The van der Waals surface area contributed by atoms with Crippen LogP contribution < -0.4 is 5.73 Å². The first kappa shape index (κ1) is 56.6. The number of carboxylic acid groups (broad SMARTS) is 1. The molecule has 0 heterocycles. The molecule has 0 fully saturated rings. The zero-order valence-corrected chi connectivity index (χ0v) is 37.1. The van der Waals surface area contributed by atoms with Crippen LogP contribution in [0.4, 0.5) is 0 Å². The fourth-order valence-corrected chi connectivity index (χ4v) is 6.04. The van der Waals surface area contributed by atoms with Crippen LogP contribution in [0.25, 0.3) is 0 Å². The topological polar surface area (TPSA) is 212 Å². The lowest BCUT2D eigenvalue weighted by Crippen LogP contribution is -2.34. The summed E-state index contributed by atoms with van der Waals surface area (Å²) in [5, 5.41) is 29.2. The molecule has 0 spiro atoms. The van der Waals surface area contributed by atoms with Crippen molar-refractivity contribution >= 4 is 25.7 Å². The summed E-state index contributed by atoms with van der Waals surface area (Å²) >= 11 is 0. The Balaban J connectivity index is 4.69. The van der Waals surface area contributed by atoms with Crippen LogP contribution in [0, 0.1) is 0 Å². The number of unbranched alkanes of at least 4 members (excludes halogenated alkanes) is 10. The molecule has 0 rings (SSSR count). The van der Waals surface area contributed by atoms with Crippen molar-refractivity contribution in [2.45, 2.75) is 167 Å². The van der Waals surface area contributed by atoms with E-state index in [-0.39, 0.29) is 25.7 Å². The van der Waals surface area contributed by atoms with E-state index < -0.39 is 69.9 Å². The van der Waals surface area contributed by atoms with Crippen LogP contribution in [0.3, 0.4) is 0 Å². The Morgan fingerprint density at radius 1 is 0.617 bits per heavy atom. The van der Waals surface area contributed by atoms with Gasteiger partial charge in [0.2, 0.25) is 0 Å². The number of nitrogens with two attached hydrogens (primary N) is 1. The summed E-state index contributed by atoms with van der Waals surface area (Å²) in [6, 6.07) is -1.57. The lowest BCUT2D eigenvalue weighted by molar-refractivity contribution is -0.161. The fraction of sp³-hybridized carbons (Fsp3) is 0.630. The van der Waals surface area contributed by atoms with Gasteiger partial charge in [-0.05, 0) is 77.0 Å². The number of aliphatic hydroxyl groups excluding tert-OH is 2. The summed E-state index contributed by atoms with van der Waals surface area (Å²) < 4.78 is 32.5. The van der Waals surface area contributed by atoms with Crippen molar-refractivity contribution in [3.8, 4) is 0 Å². The Bertz CT molecular complexity index is 1370. The number of aliphatic carboxylic acids is 1. The summed E-state index contributed by atoms with van der Waals surface area (Å²) in [5.41, 5.74) is 5.31. The van der Waals surface area contributed by atoms with Crippen LogP contribution in [0.2, 0.25) is 0 Å². The van der Waals surface area contributed by atoms with Gasteiger partial charge in [-0.3, -0.25) is 23.4 Å². The molecule has 0 saturated carbocycles. The van der Waals surface area contributed by atoms with E-state index in [0.29, 0.717) is 12.8 Å². The highest BCUT2D eigenvalue weighted by Gasteiger charge is 2.28. The highest BCUT2D eigenvalue weighted by molar-refractivity contribution is 7.47. The minimum absolute atomic E-state index is 0.109. The number of hydrogen-bond acceptors (Lipinski definition) is 11. The average Bonchev–Trinajstić information content (AvgIpc) is 3.21. The highest BCUT2D eigenvalue weighted by atomic mass is 31.2. The van der Waals surface area contributed by atoms with Crippen LogP contribution in [-0.4, -0.2) is 82.3 Å². The number of carboxylic acids is 1. The first-order chi connectivity index (χ1) is 28.9. The number of phosphoric acid groups is 1. The molecule has 1 unspecified atom stereocenters. The Morgan fingerprint density at radius 2 is 1.13 bits per heavy atom. The molecule has 342 valence electrons.